The highest BCUT2D eigenvalue weighted by Gasteiger charge is 2.42. The Hall–Kier alpha value is -4.77. The zero-order valence-electron chi connectivity index (χ0n) is 22.9. The molecule has 10 nitrogen and oxygen atoms in total. The van der Waals surface area contributed by atoms with E-state index in [1.165, 1.54) is 17.0 Å². The lowest BCUT2D eigenvalue weighted by molar-refractivity contribution is -0.147. The summed E-state index contributed by atoms with van der Waals surface area (Å²) in [5.41, 5.74) is 9.31. The van der Waals surface area contributed by atoms with Crippen LogP contribution in [0.1, 0.15) is 27.6 Å². The van der Waals surface area contributed by atoms with Crippen molar-refractivity contribution < 1.29 is 23.5 Å². The summed E-state index contributed by atoms with van der Waals surface area (Å²) in [5, 5.41) is 7.27. The number of ether oxygens (including phenoxy) is 1. The minimum Gasteiger partial charge on any atom is -0.466 e. The second kappa shape index (κ2) is 12.0. The van der Waals surface area contributed by atoms with E-state index in [1.807, 2.05) is 0 Å². The Morgan fingerprint density at radius 1 is 1.07 bits per heavy atom. The number of nitrogens with one attached hydrogen (secondary N) is 1. The van der Waals surface area contributed by atoms with Gasteiger partial charge in [0.2, 0.25) is 0 Å². The Kier molecular flexibility index (Phi) is 8.21. The van der Waals surface area contributed by atoms with Crippen molar-refractivity contribution >= 4 is 35.2 Å². The molecule has 2 amide bonds. The first-order valence-corrected chi connectivity index (χ1v) is 13.6. The number of aryl methyl sites for hydroxylation is 1. The summed E-state index contributed by atoms with van der Waals surface area (Å²) < 4.78 is 20.3. The first kappa shape index (κ1) is 28.7. The fraction of sp³-hybridized carbons (Fsp3) is 0.233. The lowest BCUT2D eigenvalue weighted by Gasteiger charge is -2.19. The summed E-state index contributed by atoms with van der Waals surface area (Å²) in [6.45, 7) is 1.98. The Bertz CT molecular complexity index is 1660. The summed E-state index contributed by atoms with van der Waals surface area (Å²) in [6.07, 6.45) is 4.98. The fourth-order valence-electron chi connectivity index (χ4n) is 4.93. The van der Waals surface area contributed by atoms with E-state index in [9.17, 15) is 18.8 Å². The smallest absolute Gasteiger partial charge is 0.312 e. The standard InChI is InChI=1S/C30H28ClFN6O4/c1-3-42-30(41)24-15-38(29(40)18-6-4-17(5-7-18)22-9-8-21(32)11-25(22)31)16-26(24)36-28(39)23-10-19(12-34-27(23)33)20-13-35-37(2)14-20/h4-14,24,26H,3,15-16H2,1-2H3,(H2,33,34)(H,36,39). The number of halogens is 2. The van der Waals surface area contributed by atoms with Crippen molar-refractivity contribution in [1.29, 1.82) is 0 Å². The Morgan fingerprint density at radius 3 is 2.50 bits per heavy atom. The molecule has 5 rings (SSSR count). The third-order valence-corrected chi connectivity index (χ3v) is 7.40. The second-order valence-electron chi connectivity index (χ2n) is 9.91. The van der Waals surface area contributed by atoms with Gasteiger partial charge in [0, 0.05) is 54.8 Å². The van der Waals surface area contributed by atoms with Crippen LogP contribution in [0.4, 0.5) is 10.2 Å². The maximum Gasteiger partial charge on any atom is 0.312 e. The van der Waals surface area contributed by atoms with Crippen molar-refractivity contribution in [2.24, 2.45) is 13.0 Å². The summed E-state index contributed by atoms with van der Waals surface area (Å²) in [7, 11) is 1.78. The van der Waals surface area contributed by atoms with Crippen molar-refractivity contribution in [3.63, 3.8) is 0 Å². The molecule has 0 spiro atoms. The number of likely N-dealkylation sites (tertiary alicyclic amines) is 1. The highest BCUT2D eigenvalue weighted by atomic mass is 35.5. The summed E-state index contributed by atoms with van der Waals surface area (Å²) in [6, 6.07) is 11.7. The largest absolute Gasteiger partial charge is 0.466 e. The molecule has 1 saturated heterocycles. The maximum atomic E-state index is 13.5. The van der Waals surface area contributed by atoms with E-state index in [0.29, 0.717) is 22.3 Å². The van der Waals surface area contributed by atoms with Crippen molar-refractivity contribution in [2.75, 3.05) is 25.4 Å². The highest BCUT2D eigenvalue weighted by Crippen LogP contribution is 2.30. The number of rotatable bonds is 7. The number of esters is 1. The molecular weight excluding hydrogens is 563 g/mol. The van der Waals surface area contributed by atoms with Crippen LogP contribution in [0.15, 0.2) is 67.1 Å². The van der Waals surface area contributed by atoms with Crippen LogP contribution in [-0.4, -0.2) is 63.2 Å². The van der Waals surface area contributed by atoms with Gasteiger partial charge in [-0.2, -0.15) is 5.10 Å². The fourth-order valence-corrected chi connectivity index (χ4v) is 5.21. The van der Waals surface area contributed by atoms with Gasteiger partial charge in [-0.1, -0.05) is 23.7 Å². The second-order valence-corrected chi connectivity index (χ2v) is 10.3. The molecule has 3 heterocycles. The molecule has 4 aromatic rings. The topological polar surface area (TPSA) is 132 Å². The highest BCUT2D eigenvalue weighted by molar-refractivity contribution is 6.33. The molecule has 216 valence electrons. The summed E-state index contributed by atoms with van der Waals surface area (Å²) in [4.78, 5) is 45.3. The van der Waals surface area contributed by atoms with Crippen molar-refractivity contribution in [3.8, 4) is 22.3 Å². The van der Waals surface area contributed by atoms with E-state index < -0.39 is 29.7 Å². The van der Waals surface area contributed by atoms with Crippen LogP contribution < -0.4 is 11.1 Å². The molecule has 0 aliphatic carbocycles. The number of aromatic nitrogens is 3. The van der Waals surface area contributed by atoms with Gasteiger partial charge in [0.25, 0.3) is 11.8 Å². The number of nitrogens with two attached hydrogens (primary N) is 1. The number of amides is 2. The normalized spacial score (nSPS) is 16.3. The third-order valence-electron chi connectivity index (χ3n) is 7.09. The van der Waals surface area contributed by atoms with Crippen LogP contribution in [0.2, 0.25) is 5.02 Å². The predicted octanol–water partition coefficient (Wildman–Crippen LogP) is 3.96. The molecule has 12 heteroatoms. The van der Waals surface area contributed by atoms with E-state index in [1.54, 1.807) is 73.6 Å². The summed E-state index contributed by atoms with van der Waals surface area (Å²) >= 11 is 6.18. The Balaban J connectivity index is 1.34. The molecule has 0 saturated carbocycles. The van der Waals surface area contributed by atoms with E-state index in [4.69, 9.17) is 22.1 Å². The Labute approximate surface area is 246 Å². The monoisotopic (exact) mass is 590 g/mol. The SMILES string of the molecule is CCOC(=O)C1CN(C(=O)c2ccc(-c3ccc(F)cc3Cl)cc2)CC1NC(=O)c1cc(-c2cnn(C)c2)cnc1N. The molecule has 0 bridgehead atoms. The zero-order valence-corrected chi connectivity index (χ0v) is 23.6. The number of nitrogens with zero attached hydrogens (tertiary/aromatic N) is 4. The molecule has 2 unspecified atom stereocenters. The number of benzene rings is 2. The van der Waals surface area contributed by atoms with Gasteiger partial charge in [-0.3, -0.25) is 19.1 Å². The molecule has 1 aliphatic heterocycles. The number of nitrogen functional groups attached to an aromatic ring is 1. The van der Waals surface area contributed by atoms with E-state index in [0.717, 1.165) is 5.56 Å². The molecule has 1 fully saturated rings. The average Bonchev–Trinajstić information content (AvgIpc) is 3.59. The van der Waals surface area contributed by atoms with Crippen molar-refractivity contribution in [1.82, 2.24) is 25.0 Å². The van der Waals surface area contributed by atoms with Crippen LogP contribution in [-0.2, 0) is 16.6 Å². The first-order chi connectivity index (χ1) is 20.1. The van der Waals surface area contributed by atoms with Crippen LogP contribution in [0, 0.1) is 11.7 Å². The zero-order chi connectivity index (χ0) is 30.0. The maximum absolute atomic E-state index is 13.5. The molecule has 2 atom stereocenters. The van der Waals surface area contributed by atoms with Crippen LogP contribution >= 0.6 is 11.6 Å². The quantitative estimate of drug-likeness (QED) is 0.311. The summed E-state index contributed by atoms with van der Waals surface area (Å²) in [5.74, 6) is -2.57. The van der Waals surface area contributed by atoms with Crippen molar-refractivity contribution in [2.45, 2.75) is 13.0 Å². The van der Waals surface area contributed by atoms with E-state index in [2.05, 4.69) is 15.4 Å². The minimum atomic E-state index is -0.786. The molecule has 2 aromatic heterocycles. The van der Waals surface area contributed by atoms with Gasteiger partial charge in [-0.05, 0) is 48.9 Å². The molecule has 1 aliphatic rings. The molecule has 0 radical (unpaired) electrons. The number of carbonyl (C=O) groups is 3. The van der Waals surface area contributed by atoms with Gasteiger partial charge in [0.1, 0.15) is 11.6 Å². The van der Waals surface area contributed by atoms with Gasteiger partial charge in [0.05, 0.1) is 35.3 Å². The molecular formula is C30H28ClFN6O4. The number of anilines is 1. The average molecular weight is 591 g/mol. The van der Waals surface area contributed by atoms with Gasteiger partial charge in [0.15, 0.2) is 0 Å². The van der Waals surface area contributed by atoms with Crippen molar-refractivity contribution in [3.05, 3.63) is 89.1 Å². The minimum absolute atomic E-state index is 0.0279. The van der Waals surface area contributed by atoms with Gasteiger partial charge in [-0.15, -0.1) is 0 Å². The number of carbonyl (C=O) groups excluding carboxylic acids is 3. The third kappa shape index (κ3) is 5.96. The lowest BCUT2D eigenvalue weighted by atomic mass is 10.0. The van der Waals surface area contributed by atoms with Gasteiger partial charge in [-0.25, -0.2) is 9.37 Å². The molecule has 3 N–H and O–H groups in total. The van der Waals surface area contributed by atoms with Crippen LogP contribution in [0.3, 0.4) is 0 Å². The molecule has 2 aromatic carbocycles. The number of hydrogen-bond acceptors (Lipinski definition) is 7. The van der Waals surface area contributed by atoms with E-state index in [-0.39, 0.29) is 42.0 Å². The van der Waals surface area contributed by atoms with Crippen LogP contribution in [0.5, 0.6) is 0 Å². The molecule has 42 heavy (non-hydrogen) atoms. The lowest BCUT2D eigenvalue weighted by Crippen LogP contribution is -2.43. The predicted molar refractivity (Wildman–Crippen MR) is 155 cm³/mol. The van der Waals surface area contributed by atoms with E-state index >= 15 is 0 Å². The Morgan fingerprint density at radius 2 is 1.83 bits per heavy atom. The number of pyridine rings is 1. The number of hydrogen-bond donors (Lipinski definition) is 2. The first-order valence-electron chi connectivity index (χ1n) is 13.2. The van der Waals surface area contributed by atoms with Gasteiger partial charge >= 0.3 is 5.97 Å². The van der Waals surface area contributed by atoms with Crippen LogP contribution in [0.25, 0.3) is 22.3 Å². The van der Waals surface area contributed by atoms with Gasteiger partial charge < -0.3 is 20.7 Å².